The monoisotopic (exact) mass is 445 g/mol. The van der Waals surface area contributed by atoms with Crippen LogP contribution in [0.3, 0.4) is 0 Å². The summed E-state index contributed by atoms with van der Waals surface area (Å²) < 4.78 is 42.4. The summed E-state index contributed by atoms with van der Waals surface area (Å²) >= 11 is 1.51. The Morgan fingerprint density at radius 3 is 2.70 bits per heavy atom. The standard InChI is InChI=1S/C19H15N3O6S2/c23-19(27-11-17-21-18(22-28-17)14-7-9-29-12-14)13-3-5-16(6-4-13)30(24,25)20-10-15-2-1-8-26-15/h1-9,12,20H,10-11H2. The van der Waals surface area contributed by atoms with E-state index in [0.29, 0.717) is 11.6 Å². The number of carbonyl (C=O) groups excluding carboxylic acids is 1. The fraction of sp³-hybridized carbons (Fsp3) is 0.105. The molecule has 3 aromatic heterocycles. The second-order valence-corrected chi connectivity index (χ2v) is 8.58. The van der Waals surface area contributed by atoms with E-state index < -0.39 is 16.0 Å². The molecule has 0 saturated heterocycles. The van der Waals surface area contributed by atoms with Gasteiger partial charge in [-0.1, -0.05) is 5.16 Å². The van der Waals surface area contributed by atoms with Gasteiger partial charge in [0.25, 0.3) is 5.89 Å². The highest BCUT2D eigenvalue weighted by Gasteiger charge is 2.17. The molecule has 11 heteroatoms. The van der Waals surface area contributed by atoms with Gasteiger partial charge in [0.2, 0.25) is 15.8 Å². The van der Waals surface area contributed by atoms with Crippen LogP contribution in [0, 0.1) is 0 Å². The normalized spacial score (nSPS) is 11.5. The molecule has 0 aliphatic heterocycles. The number of ether oxygens (including phenoxy) is 1. The summed E-state index contributed by atoms with van der Waals surface area (Å²) in [6.07, 6.45) is 1.46. The third-order valence-electron chi connectivity index (χ3n) is 3.99. The predicted molar refractivity (Wildman–Crippen MR) is 106 cm³/mol. The van der Waals surface area contributed by atoms with Crippen LogP contribution >= 0.6 is 11.3 Å². The first kappa shape index (κ1) is 20.0. The van der Waals surface area contributed by atoms with E-state index in [-0.39, 0.29) is 29.5 Å². The molecule has 0 saturated carbocycles. The van der Waals surface area contributed by atoms with Gasteiger partial charge in [-0.2, -0.15) is 16.3 Å². The van der Waals surface area contributed by atoms with Gasteiger partial charge in [0, 0.05) is 10.9 Å². The Hall–Kier alpha value is -3.28. The predicted octanol–water partition coefficient (Wildman–Crippen LogP) is 3.23. The second kappa shape index (κ2) is 8.61. The summed E-state index contributed by atoms with van der Waals surface area (Å²) in [5.41, 5.74) is 1.01. The van der Waals surface area contributed by atoms with Crippen molar-refractivity contribution < 1.29 is 26.9 Å². The molecule has 9 nitrogen and oxygen atoms in total. The highest BCUT2D eigenvalue weighted by Crippen LogP contribution is 2.19. The third kappa shape index (κ3) is 4.64. The zero-order valence-corrected chi connectivity index (χ0v) is 17.0. The lowest BCUT2D eigenvalue weighted by atomic mass is 10.2. The van der Waals surface area contributed by atoms with E-state index in [4.69, 9.17) is 13.7 Å². The van der Waals surface area contributed by atoms with Crippen LogP contribution in [0.1, 0.15) is 22.0 Å². The van der Waals surface area contributed by atoms with Crippen LogP contribution in [-0.4, -0.2) is 24.5 Å². The first-order valence-corrected chi connectivity index (χ1v) is 11.1. The molecule has 0 bridgehead atoms. The summed E-state index contributed by atoms with van der Waals surface area (Å²) in [5, 5.41) is 7.60. The number of thiophene rings is 1. The van der Waals surface area contributed by atoms with Crippen LogP contribution in [0.2, 0.25) is 0 Å². The van der Waals surface area contributed by atoms with Gasteiger partial charge >= 0.3 is 5.97 Å². The summed E-state index contributed by atoms with van der Waals surface area (Å²) in [6.45, 7) is -0.169. The average Bonchev–Trinajstić information content (AvgIpc) is 3.53. The van der Waals surface area contributed by atoms with Crippen molar-refractivity contribution >= 4 is 27.3 Å². The van der Waals surface area contributed by atoms with Gasteiger partial charge in [-0.25, -0.2) is 17.9 Å². The van der Waals surface area contributed by atoms with Crippen molar-refractivity contribution in [2.24, 2.45) is 0 Å². The minimum absolute atomic E-state index is 0.0166. The first-order valence-electron chi connectivity index (χ1n) is 8.66. The van der Waals surface area contributed by atoms with E-state index in [0.717, 1.165) is 5.56 Å². The second-order valence-electron chi connectivity index (χ2n) is 6.03. The number of carbonyl (C=O) groups is 1. The number of rotatable bonds is 8. The number of hydrogen-bond donors (Lipinski definition) is 1. The van der Waals surface area contributed by atoms with Crippen molar-refractivity contribution in [1.82, 2.24) is 14.9 Å². The maximum absolute atomic E-state index is 12.3. The Labute approximate surface area is 175 Å². The minimum atomic E-state index is -3.75. The lowest BCUT2D eigenvalue weighted by molar-refractivity contribution is 0.0429. The molecular weight excluding hydrogens is 430 g/mol. The molecule has 0 radical (unpaired) electrons. The van der Waals surface area contributed by atoms with Gasteiger partial charge in [0.15, 0.2) is 6.61 Å². The summed E-state index contributed by atoms with van der Waals surface area (Å²) in [7, 11) is -3.75. The van der Waals surface area contributed by atoms with Crippen LogP contribution in [0.4, 0.5) is 0 Å². The SMILES string of the molecule is O=C(OCc1nc(-c2ccsc2)no1)c1ccc(S(=O)(=O)NCc2ccco2)cc1. The van der Waals surface area contributed by atoms with E-state index in [1.807, 2.05) is 16.8 Å². The molecule has 0 spiro atoms. The van der Waals surface area contributed by atoms with Crippen molar-refractivity contribution in [2.45, 2.75) is 18.0 Å². The quantitative estimate of drug-likeness (QED) is 0.410. The number of esters is 1. The first-order chi connectivity index (χ1) is 14.5. The summed E-state index contributed by atoms with van der Waals surface area (Å²) in [5.74, 6) is 0.421. The van der Waals surface area contributed by atoms with Crippen LogP contribution in [-0.2, 0) is 27.9 Å². The molecule has 0 fully saturated rings. The molecule has 1 N–H and O–H groups in total. The van der Waals surface area contributed by atoms with Crippen LogP contribution in [0.25, 0.3) is 11.4 Å². The average molecular weight is 445 g/mol. The molecule has 0 aliphatic carbocycles. The topological polar surface area (TPSA) is 125 Å². The van der Waals surface area contributed by atoms with Crippen molar-refractivity contribution in [2.75, 3.05) is 0 Å². The van der Waals surface area contributed by atoms with Gasteiger partial charge in [0.1, 0.15) is 5.76 Å². The molecule has 30 heavy (non-hydrogen) atoms. The van der Waals surface area contributed by atoms with E-state index in [1.54, 1.807) is 12.1 Å². The van der Waals surface area contributed by atoms with Gasteiger partial charge in [0.05, 0.1) is 23.3 Å². The number of hydrogen-bond acceptors (Lipinski definition) is 9. The number of nitrogens with zero attached hydrogens (tertiary/aromatic N) is 2. The molecule has 3 heterocycles. The lowest BCUT2D eigenvalue weighted by Crippen LogP contribution is -2.23. The summed E-state index contributed by atoms with van der Waals surface area (Å²) in [4.78, 5) is 16.4. The zero-order chi connectivity index (χ0) is 21.0. The molecule has 154 valence electrons. The third-order valence-corrected chi connectivity index (χ3v) is 6.09. The Bertz CT molecular complexity index is 1210. The maximum atomic E-state index is 12.3. The maximum Gasteiger partial charge on any atom is 0.338 e. The van der Waals surface area contributed by atoms with Gasteiger partial charge in [-0.3, -0.25) is 0 Å². The number of benzene rings is 1. The van der Waals surface area contributed by atoms with Crippen molar-refractivity contribution in [3.05, 3.63) is 76.7 Å². The van der Waals surface area contributed by atoms with Gasteiger partial charge < -0.3 is 13.7 Å². The van der Waals surface area contributed by atoms with Gasteiger partial charge in [-0.15, -0.1) is 0 Å². The Morgan fingerprint density at radius 2 is 2.00 bits per heavy atom. The molecule has 4 rings (SSSR count). The minimum Gasteiger partial charge on any atom is -0.468 e. The summed E-state index contributed by atoms with van der Waals surface area (Å²) in [6, 6.07) is 10.6. The highest BCUT2D eigenvalue weighted by molar-refractivity contribution is 7.89. The van der Waals surface area contributed by atoms with Crippen molar-refractivity contribution in [3.63, 3.8) is 0 Å². The molecule has 1 aromatic carbocycles. The smallest absolute Gasteiger partial charge is 0.338 e. The number of furan rings is 1. The fourth-order valence-corrected chi connectivity index (χ4v) is 4.09. The molecule has 0 amide bonds. The molecule has 4 aromatic rings. The van der Waals surface area contributed by atoms with Crippen molar-refractivity contribution in [3.8, 4) is 11.4 Å². The van der Waals surface area contributed by atoms with Crippen LogP contribution in [0.15, 0.2) is 73.3 Å². The number of nitrogens with one attached hydrogen (secondary N) is 1. The highest BCUT2D eigenvalue weighted by atomic mass is 32.2. The van der Waals surface area contributed by atoms with Gasteiger partial charge in [-0.05, 0) is 47.8 Å². The Morgan fingerprint density at radius 1 is 1.17 bits per heavy atom. The van der Waals surface area contributed by atoms with E-state index in [9.17, 15) is 13.2 Å². The molecular formula is C19H15N3O6S2. The van der Waals surface area contributed by atoms with E-state index in [2.05, 4.69) is 14.9 Å². The van der Waals surface area contributed by atoms with E-state index in [1.165, 1.54) is 41.9 Å². The molecule has 0 atom stereocenters. The largest absolute Gasteiger partial charge is 0.468 e. The molecule has 0 aliphatic rings. The van der Waals surface area contributed by atoms with E-state index >= 15 is 0 Å². The van der Waals surface area contributed by atoms with Crippen molar-refractivity contribution in [1.29, 1.82) is 0 Å². The fourth-order valence-electron chi connectivity index (χ4n) is 2.47. The number of aromatic nitrogens is 2. The Balaban J connectivity index is 1.34. The lowest BCUT2D eigenvalue weighted by Gasteiger charge is -2.06. The zero-order valence-electron chi connectivity index (χ0n) is 15.3. The van der Waals surface area contributed by atoms with Crippen LogP contribution in [0.5, 0.6) is 0 Å². The van der Waals surface area contributed by atoms with Crippen LogP contribution < -0.4 is 4.72 Å². The Kier molecular flexibility index (Phi) is 5.74. The molecule has 0 unspecified atom stereocenters. The number of sulfonamides is 1.